The van der Waals surface area contributed by atoms with Gasteiger partial charge in [-0.05, 0) is 35.8 Å². The summed E-state index contributed by atoms with van der Waals surface area (Å²) in [5.41, 5.74) is 5.13. The Morgan fingerprint density at radius 2 is 2.20 bits per heavy atom. The van der Waals surface area contributed by atoms with Gasteiger partial charge in [0, 0.05) is 5.57 Å². The van der Waals surface area contributed by atoms with E-state index >= 15 is 0 Å². The first kappa shape index (κ1) is 10.0. The summed E-state index contributed by atoms with van der Waals surface area (Å²) in [5, 5.41) is 0. The SMILES string of the molecule is C/C(=C\CCN)C(F)(F)Br. The maximum atomic E-state index is 12.2. The van der Waals surface area contributed by atoms with E-state index in [1.807, 2.05) is 0 Å². The minimum Gasteiger partial charge on any atom is -0.330 e. The van der Waals surface area contributed by atoms with Crippen LogP contribution >= 0.6 is 15.9 Å². The van der Waals surface area contributed by atoms with E-state index < -0.39 is 4.83 Å². The molecule has 0 bridgehead atoms. The zero-order chi connectivity index (χ0) is 8.20. The van der Waals surface area contributed by atoms with Gasteiger partial charge in [-0.1, -0.05) is 6.08 Å². The van der Waals surface area contributed by atoms with Crippen LogP contribution in [0.3, 0.4) is 0 Å². The third kappa shape index (κ3) is 3.95. The second-order valence-corrected chi connectivity index (χ2v) is 2.96. The number of hydrogen-bond donors (Lipinski definition) is 1. The first-order valence-corrected chi connectivity index (χ1v) is 3.72. The number of nitrogens with two attached hydrogens (primary N) is 1. The van der Waals surface area contributed by atoms with Crippen molar-refractivity contribution < 1.29 is 8.78 Å². The van der Waals surface area contributed by atoms with Crippen molar-refractivity contribution in [3.63, 3.8) is 0 Å². The molecule has 0 spiro atoms. The van der Waals surface area contributed by atoms with E-state index in [9.17, 15) is 8.78 Å². The van der Waals surface area contributed by atoms with Crippen LogP contribution in [0.2, 0.25) is 0 Å². The zero-order valence-corrected chi connectivity index (χ0v) is 7.29. The molecule has 0 aliphatic rings. The summed E-state index contributed by atoms with van der Waals surface area (Å²) in [5.74, 6) is 0. The molecule has 0 rings (SSSR count). The molecule has 0 radical (unpaired) electrons. The lowest BCUT2D eigenvalue weighted by atomic mass is 10.2. The fourth-order valence-corrected chi connectivity index (χ4v) is 0.577. The number of halogens is 3. The summed E-state index contributed by atoms with van der Waals surface area (Å²) in [6, 6.07) is 0. The van der Waals surface area contributed by atoms with Gasteiger partial charge in [0.05, 0.1) is 0 Å². The molecule has 0 saturated heterocycles. The van der Waals surface area contributed by atoms with Crippen LogP contribution in [0.4, 0.5) is 8.78 Å². The fraction of sp³-hybridized carbons (Fsp3) is 0.667. The maximum absolute atomic E-state index is 12.2. The van der Waals surface area contributed by atoms with E-state index in [-0.39, 0.29) is 5.57 Å². The van der Waals surface area contributed by atoms with Crippen LogP contribution in [0.1, 0.15) is 13.3 Å². The van der Waals surface area contributed by atoms with E-state index in [4.69, 9.17) is 5.73 Å². The molecule has 2 N–H and O–H groups in total. The van der Waals surface area contributed by atoms with Crippen molar-refractivity contribution in [2.45, 2.75) is 18.2 Å². The Hall–Kier alpha value is 0.0400. The lowest BCUT2D eigenvalue weighted by Crippen LogP contribution is -2.07. The Labute approximate surface area is 67.4 Å². The highest BCUT2D eigenvalue weighted by molar-refractivity contribution is 9.10. The first-order valence-electron chi connectivity index (χ1n) is 2.92. The van der Waals surface area contributed by atoms with Gasteiger partial charge in [0.2, 0.25) is 0 Å². The largest absolute Gasteiger partial charge is 0.330 e. The van der Waals surface area contributed by atoms with Gasteiger partial charge in [0.15, 0.2) is 0 Å². The molecule has 0 aromatic carbocycles. The lowest BCUT2D eigenvalue weighted by Gasteiger charge is -2.07. The van der Waals surface area contributed by atoms with Gasteiger partial charge < -0.3 is 5.73 Å². The van der Waals surface area contributed by atoms with Crippen LogP contribution in [-0.4, -0.2) is 11.4 Å². The highest BCUT2D eigenvalue weighted by Crippen LogP contribution is 2.30. The molecular weight excluding hydrogens is 204 g/mol. The van der Waals surface area contributed by atoms with Crippen LogP contribution in [0.5, 0.6) is 0 Å². The van der Waals surface area contributed by atoms with E-state index in [2.05, 4.69) is 15.9 Å². The zero-order valence-electron chi connectivity index (χ0n) is 5.70. The molecule has 0 heterocycles. The van der Waals surface area contributed by atoms with Crippen molar-refractivity contribution in [2.24, 2.45) is 5.73 Å². The van der Waals surface area contributed by atoms with Crippen molar-refractivity contribution in [3.05, 3.63) is 11.6 Å². The summed E-state index contributed by atoms with van der Waals surface area (Å²) in [6.07, 6.45) is 1.92. The quantitative estimate of drug-likeness (QED) is 0.565. The van der Waals surface area contributed by atoms with E-state index in [1.54, 1.807) is 0 Å². The third-order valence-corrected chi connectivity index (χ3v) is 1.69. The average molecular weight is 214 g/mol. The maximum Gasteiger partial charge on any atom is 0.322 e. The molecule has 0 aromatic heterocycles. The number of hydrogen-bond acceptors (Lipinski definition) is 1. The highest BCUT2D eigenvalue weighted by atomic mass is 79.9. The minimum atomic E-state index is -2.87. The third-order valence-electron chi connectivity index (χ3n) is 1.06. The van der Waals surface area contributed by atoms with Gasteiger partial charge in [-0.15, -0.1) is 0 Å². The number of rotatable bonds is 3. The van der Waals surface area contributed by atoms with Crippen molar-refractivity contribution in [3.8, 4) is 0 Å². The van der Waals surface area contributed by atoms with E-state index in [1.165, 1.54) is 13.0 Å². The van der Waals surface area contributed by atoms with Crippen molar-refractivity contribution in [2.75, 3.05) is 6.54 Å². The summed E-state index contributed by atoms with van der Waals surface area (Å²) < 4.78 is 24.5. The van der Waals surface area contributed by atoms with Crippen LogP contribution in [-0.2, 0) is 0 Å². The van der Waals surface area contributed by atoms with E-state index in [0.717, 1.165) is 0 Å². The fourth-order valence-electron chi connectivity index (χ4n) is 0.416. The molecule has 0 amide bonds. The van der Waals surface area contributed by atoms with Gasteiger partial charge in [-0.2, -0.15) is 8.78 Å². The van der Waals surface area contributed by atoms with Crippen LogP contribution in [0.15, 0.2) is 11.6 Å². The van der Waals surface area contributed by atoms with Gasteiger partial charge in [0.1, 0.15) is 0 Å². The van der Waals surface area contributed by atoms with Crippen LogP contribution in [0, 0.1) is 0 Å². The second-order valence-electron chi connectivity index (χ2n) is 1.96. The van der Waals surface area contributed by atoms with Crippen LogP contribution < -0.4 is 5.73 Å². The van der Waals surface area contributed by atoms with Gasteiger partial charge in [-0.3, -0.25) is 0 Å². The standard InChI is InChI=1S/C6H10BrF2N/c1-5(3-2-4-10)6(7,8)9/h3H,2,4,10H2,1H3/b5-3+. The average Bonchev–Trinajstić information content (AvgIpc) is 1.80. The minimum absolute atomic E-state index is 0.0120. The molecule has 0 aliphatic heterocycles. The topological polar surface area (TPSA) is 26.0 Å². The van der Waals surface area contributed by atoms with Gasteiger partial charge in [0.25, 0.3) is 0 Å². The Morgan fingerprint density at radius 1 is 1.70 bits per heavy atom. The predicted molar refractivity (Wildman–Crippen MR) is 41.3 cm³/mol. The predicted octanol–water partition coefficient (Wildman–Crippen LogP) is 2.27. The molecular formula is C6H10BrF2N. The Bertz CT molecular complexity index is 128. The normalized spacial score (nSPS) is 13.9. The Balaban J connectivity index is 3.93. The Morgan fingerprint density at radius 3 is 2.50 bits per heavy atom. The molecule has 60 valence electrons. The molecule has 1 nitrogen and oxygen atoms in total. The van der Waals surface area contributed by atoms with Crippen LogP contribution in [0.25, 0.3) is 0 Å². The molecule has 4 heteroatoms. The summed E-state index contributed by atoms with van der Waals surface area (Å²) >= 11 is 2.23. The molecule has 0 unspecified atom stereocenters. The molecule has 0 aliphatic carbocycles. The highest BCUT2D eigenvalue weighted by Gasteiger charge is 2.25. The molecule has 0 aromatic rings. The van der Waals surface area contributed by atoms with Gasteiger partial charge in [-0.25, -0.2) is 0 Å². The monoisotopic (exact) mass is 213 g/mol. The Kier molecular flexibility index (Phi) is 4.05. The summed E-state index contributed by atoms with van der Waals surface area (Å²) in [7, 11) is 0. The number of allylic oxidation sites excluding steroid dienone is 1. The first-order chi connectivity index (χ1) is 4.48. The lowest BCUT2D eigenvalue weighted by molar-refractivity contribution is 0.156. The van der Waals surface area contributed by atoms with Crippen molar-refractivity contribution in [1.29, 1.82) is 0 Å². The molecule has 0 saturated carbocycles. The van der Waals surface area contributed by atoms with Gasteiger partial charge >= 0.3 is 4.83 Å². The smallest absolute Gasteiger partial charge is 0.322 e. The van der Waals surface area contributed by atoms with Crippen molar-refractivity contribution in [1.82, 2.24) is 0 Å². The van der Waals surface area contributed by atoms with E-state index in [0.29, 0.717) is 13.0 Å². The molecule has 10 heavy (non-hydrogen) atoms. The molecule has 0 fully saturated rings. The summed E-state index contributed by atoms with van der Waals surface area (Å²) in [4.78, 5) is -2.87. The second kappa shape index (κ2) is 4.03. The number of alkyl halides is 3. The van der Waals surface area contributed by atoms with Crippen molar-refractivity contribution >= 4 is 15.9 Å². The summed E-state index contributed by atoms with van der Waals surface area (Å²) in [6.45, 7) is 1.77. The molecule has 0 atom stereocenters.